The Hall–Kier alpha value is -1.31. The van der Waals surface area contributed by atoms with Crippen LogP contribution in [-0.4, -0.2) is 13.1 Å². The van der Waals surface area contributed by atoms with Crippen molar-refractivity contribution in [1.29, 1.82) is 0 Å². The van der Waals surface area contributed by atoms with Crippen LogP contribution in [0.2, 0.25) is 0 Å². The molecule has 0 aliphatic rings. The van der Waals surface area contributed by atoms with Crippen molar-refractivity contribution in [3.8, 4) is 0 Å². The van der Waals surface area contributed by atoms with E-state index in [4.69, 9.17) is 4.74 Å². The summed E-state index contributed by atoms with van der Waals surface area (Å²) in [7, 11) is 1.45. The summed E-state index contributed by atoms with van der Waals surface area (Å²) in [6, 6.07) is 10.1. The molecule has 0 bridgehead atoms. The molecule has 0 saturated carbocycles. The topological polar surface area (TPSA) is 26.3 Å². The van der Waals surface area contributed by atoms with E-state index in [2.05, 4.69) is 20.8 Å². The Morgan fingerprint density at radius 2 is 1.81 bits per heavy atom. The lowest BCUT2D eigenvalue weighted by Crippen LogP contribution is -2.31. The SMILES string of the molecule is COC(=O)C(Cc1ccccc1)C(C)(C)C. The van der Waals surface area contributed by atoms with Crippen molar-refractivity contribution in [2.24, 2.45) is 11.3 Å². The van der Waals surface area contributed by atoms with Crippen molar-refractivity contribution in [2.45, 2.75) is 27.2 Å². The molecular formula is C14H20O2. The smallest absolute Gasteiger partial charge is 0.309 e. The van der Waals surface area contributed by atoms with Crippen LogP contribution in [-0.2, 0) is 16.0 Å². The Balaban J connectivity index is 2.84. The number of rotatable bonds is 3. The maximum absolute atomic E-state index is 11.7. The fourth-order valence-electron chi connectivity index (χ4n) is 1.74. The molecule has 0 aromatic heterocycles. The van der Waals surface area contributed by atoms with Gasteiger partial charge in [0.2, 0.25) is 0 Å². The van der Waals surface area contributed by atoms with Crippen LogP contribution in [0.3, 0.4) is 0 Å². The van der Waals surface area contributed by atoms with Gasteiger partial charge in [0, 0.05) is 0 Å². The summed E-state index contributed by atoms with van der Waals surface area (Å²) in [6.07, 6.45) is 0.733. The fourth-order valence-corrected chi connectivity index (χ4v) is 1.74. The van der Waals surface area contributed by atoms with Gasteiger partial charge in [-0.05, 0) is 17.4 Å². The van der Waals surface area contributed by atoms with Crippen LogP contribution < -0.4 is 0 Å². The molecule has 0 radical (unpaired) electrons. The Bertz CT molecular complexity index is 336. The summed E-state index contributed by atoms with van der Waals surface area (Å²) < 4.78 is 4.87. The molecule has 0 spiro atoms. The zero-order valence-corrected chi connectivity index (χ0v) is 10.5. The standard InChI is InChI=1S/C14H20O2/c1-14(2,3)12(13(15)16-4)10-11-8-6-5-7-9-11/h5-9,12H,10H2,1-4H3. The zero-order chi connectivity index (χ0) is 12.2. The Morgan fingerprint density at radius 3 is 2.25 bits per heavy atom. The van der Waals surface area contributed by atoms with Crippen LogP contribution >= 0.6 is 0 Å². The summed E-state index contributed by atoms with van der Waals surface area (Å²) in [4.78, 5) is 11.7. The maximum Gasteiger partial charge on any atom is 0.309 e. The van der Waals surface area contributed by atoms with E-state index < -0.39 is 0 Å². The molecular weight excluding hydrogens is 200 g/mol. The van der Waals surface area contributed by atoms with Crippen molar-refractivity contribution in [1.82, 2.24) is 0 Å². The molecule has 2 nitrogen and oxygen atoms in total. The number of esters is 1. The third-order valence-electron chi connectivity index (χ3n) is 2.81. The molecule has 1 aromatic rings. The molecule has 1 unspecified atom stereocenters. The van der Waals surface area contributed by atoms with Crippen LogP contribution in [0.15, 0.2) is 30.3 Å². The van der Waals surface area contributed by atoms with Gasteiger partial charge in [-0.15, -0.1) is 0 Å². The van der Waals surface area contributed by atoms with Gasteiger partial charge < -0.3 is 4.74 Å². The van der Waals surface area contributed by atoms with Gasteiger partial charge >= 0.3 is 5.97 Å². The minimum Gasteiger partial charge on any atom is -0.469 e. The van der Waals surface area contributed by atoms with Crippen LogP contribution in [0.5, 0.6) is 0 Å². The lowest BCUT2D eigenvalue weighted by atomic mass is 9.77. The number of carbonyl (C=O) groups is 1. The van der Waals surface area contributed by atoms with Crippen LogP contribution in [0, 0.1) is 11.3 Å². The average molecular weight is 220 g/mol. The molecule has 0 amide bonds. The normalized spacial score (nSPS) is 13.2. The number of hydrogen-bond donors (Lipinski definition) is 0. The lowest BCUT2D eigenvalue weighted by molar-refractivity contribution is -0.149. The molecule has 16 heavy (non-hydrogen) atoms. The largest absolute Gasteiger partial charge is 0.469 e. The predicted octanol–water partition coefficient (Wildman–Crippen LogP) is 3.06. The predicted molar refractivity (Wildman–Crippen MR) is 65.1 cm³/mol. The maximum atomic E-state index is 11.7. The molecule has 0 saturated heterocycles. The number of ether oxygens (including phenoxy) is 1. The second-order valence-corrected chi connectivity index (χ2v) is 5.13. The first-order valence-electron chi connectivity index (χ1n) is 5.57. The van der Waals surface area contributed by atoms with Crippen LogP contribution in [0.1, 0.15) is 26.3 Å². The van der Waals surface area contributed by atoms with Crippen molar-refractivity contribution < 1.29 is 9.53 Å². The molecule has 0 fully saturated rings. The molecule has 1 rings (SSSR count). The Morgan fingerprint density at radius 1 is 1.25 bits per heavy atom. The quantitative estimate of drug-likeness (QED) is 0.732. The van der Waals surface area contributed by atoms with E-state index in [1.165, 1.54) is 12.7 Å². The second-order valence-electron chi connectivity index (χ2n) is 5.13. The minimum absolute atomic E-state index is 0.0804. The van der Waals surface area contributed by atoms with Gasteiger partial charge in [-0.3, -0.25) is 4.79 Å². The first kappa shape index (κ1) is 12.8. The third-order valence-corrected chi connectivity index (χ3v) is 2.81. The summed E-state index contributed by atoms with van der Waals surface area (Å²) >= 11 is 0. The highest BCUT2D eigenvalue weighted by Gasteiger charge is 2.32. The molecule has 2 heteroatoms. The van der Waals surface area contributed by atoms with Gasteiger partial charge in [-0.2, -0.15) is 0 Å². The molecule has 0 aliphatic carbocycles. The zero-order valence-electron chi connectivity index (χ0n) is 10.5. The first-order chi connectivity index (χ1) is 7.45. The van der Waals surface area contributed by atoms with Crippen molar-refractivity contribution in [3.63, 3.8) is 0 Å². The third kappa shape index (κ3) is 3.37. The Kier molecular flexibility index (Phi) is 4.11. The molecule has 1 aromatic carbocycles. The highest BCUT2D eigenvalue weighted by molar-refractivity contribution is 5.73. The summed E-state index contributed by atoms with van der Waals surface area (Å²) in [5.41, 5.74) is 1.09. The monoisotopic (exact) mass is 220 g/mol. The van der Waals surface area contributed by atoms with E-state index in [1.807, 2.05) is 30.3 Å². The summed E-state index contributed by atoms with van der Waals surface area (Å²) in [6.45, 7) is 6.20. The van der Waals surface area contributed by atoms with E-state index in [1.54, 1.807) is 0 Å². The van der Waals surface area contributed by atoms with E-state index in [0.29, 0.717) is 0 Å². The number of methoxy groups -OCH3 is 1. The number of hydrogen-bond acceptors (Lipinski definition) is 2. The number of carbonyl (C=O) groups excluding carboxylic acids is 1. The molecule has 0 heterocycles. The van der Waals surface area contributed by atoms with Gasteiger partial charge in [0.1, 0.15) is 0 Å². The van der Waals surface area contributed by atoms with Gasteiger partial charge in [-0.25, -0.2) is 0 Å². The van der Waals surface area contributed by atoms with E-state index in [-0.39, 0.29) is 17.3 Å². The number of benzene rings is 1. The van der Waals surface area contributed by atoms with Crippen molar-refractivity contribution in [2.75, 3.05) is 7.11 Å². The van der Waals surface area contributed by atoms with Gasteiger partial charge in [0.05, 0.1) is 13.0 Å². The van der Waals surface area contributed by atoms with Crippen LogP contribution in [0.4, 0.5) is 0 Å². The summed E-state index contributed by atoms with van der Waals surface area (Å²) in [5.74, 6) is -0.226. The average Bonchev–Trinajstić information content (AvgIpc) is 2.25. The molecule has 88 valence electrons. The van der Waals surface area contributed by atoms with E-state index in [0.717, 1.165) is 6.42 Å². The highest BCUT2D eigenvalue weighted by Crippen LogP contribution is 2.30. The summed E-state index contributed by atoms with van der Waals surface area (Å²) in [5, 5.41) is 0. The van der Waals surface area contributed by atoms with Gasteiger partial charge in [-0.1, -0.05) is 51.1 Å². The van der Waals surface area contributed by atoms with Gasteiger partial charge in [0.25, 0.3) is 0 Å². The Labute approximate surface area is 97.6 Å². The van der Waals surface area contributed by atoms with Crippen molar-refractivity contribution >= 4 is 5.97 Å². The molecule has 1 atom stereocenters. The van der Waals surface area contributed by atoms with E-state index in [9.17, 15) is 4.79 Å². The molecule has 0 N–H and O–H groups in total. The fraction of sp³-hybridized carbons (Fsp3) is 0.500. The van der Waals surface area contributed by atoms with Gasteiger partial charge in [0.15, 0.2) is 0 Å². The van der Waals surface area contributed by atoms with E-state index >= 15 is 0 Å². The molecule has 0 aliphatic heterocycles. The minimum atomic E-state index is -0.128. The lowest BCUT2D eigenvalue weighted by Gasteiger charge is -2.28. The van der Waals surface area contributed by atoms with Crippen LogP contribution in [0.25, 0.3) is 0 Å². The second kappa shape index (κ2) is 5.15. The highest BCUT2D eigenvalue weighted by atomic mass is 16.5. The van der Waals surface area contributed by atoms with Crippen molar-refractivity contribution in [3.05, 3.63) is 35.9 Å². The first-order valence-corrected chi connectivity index (χ1v) is 5.57.